The van der Waals surface area contributed by atoms with Crippen molar-refractivity contribution in [3.8, 4) is 0 Å². The molecule has 2 saturated carbocycles. The van der Waals surface area contributed by atoms with E-state index in [9.17, 15) is 0 Å². The van der Waals surface area contributed by atoms with Crippen molar-refractivity contribution < 1.29 is 0 Å². The number of hydrogen-bond acceptors (Lipinski definition) is 1. The van der Waals surface area contributed by atoms with Crippen molar-refractivity contribution in [2.45, 2.75) is 19.3 Å². The predicted octanol–water partition coefficient (Wildman–Crippen LogP) is 0.567. The van der Waals surface area contributed by atoms with E-state index in [0.717, 1.165) is 24.3 Å². The number of nitrogens with zero attached hydrogens (tertiary/aromatic N) is 1. The van der Waals surface area contributed by atoms with Crippen LogP contribution in [0, 0.1) is 17.8 Å². The van der Waals surface area contributed by atoms with Gasteiger partial charge in [-0.05, 0) is 37.0 Å². The Hall–Kier alpha value is -0.730. The molecule has 0 spiro atoms. The van der Waals surface area contributed by atoms with Crippen LogP contribution in [-0.4, -0.2) is 19.6 Å². The highest BCUT2D eigenvalue weighted by Gasteiger charge is 2.46. The van der Waals surface area contributed by atoms with Crippen molar-refractivity contribution in [1.82, 2.24) is 5.32 Å². The Morgan fingerprint density at radius 2 is 2.33 bits per heavy atom. The van der Waals surface area contributed by atoms with Gasteiger partial charge < -0.3 is 11.1 Å². The first-order valence-electron chi connectivity index (χ1n) is 4.77. The standard InChI is InChI=1S/C9H17N3/c1-11-9(10)12-5-7-4-8(7)6-2-3-6/h6-8H,2-5H2,1H3,(H3,10,11,12). The highest BCUT2D eigenvalue weighted by atomic mass is 15.1. The van der Waals surface area contributed by atoms with E-state index in [1.165, 1.54) is 19.3 Å². The summed E-state index contributed by atoms with van der Waals surface area (Å²) in [6, 6.07) is 0. The van der Waals surface area contributed by atoms with Crippen molar-refractivity contribution in [3.05, 3.63) is 0 Å². The molecule has 3 N–H and O–H groups in total. The lowest BCUT2D eigenvalue weighted by Gasteiger charge is -2.02. The molecular formula is C9H17N3. The van der Waals surface area contributed by atoms with Gasteiger partial charge in [0, 0.05) is 13.6 Å². The molecule has 0 aromatic heterocycles. The molecule has 0 amide bonds. The summed E-state index contributed by atoms with van der Waals surface area (Å²) in [6.45, 7) is 1.03. The van der Waals surface area contributed by atoms with Gasteiger partial charge in [0.05, 0.1) is 0 Å². The fourth-order valence-electron chi connectivity index (χ4n) is 1.92. The number of rotatable bonds is 3. The van der Waals surface area contributed by atoms with Crippen molar-refractivity contribution >= 4 is 5.96 Å². The number of nitrogens with two attached hydrogens (primary N) is 1. The third kappa shape index (κ3) is 1.71. The molecule has 0 radical (unpaired) electrons. The minimum atomic E-state index is 0.580. The SMILES string of the molecule is CN=C(N)NCC1CC1C1CC1. The lowest BCUT2D eigenvalue weighted by Crippen LogP contribution is -2.33. The van der Waals surface area contributed by atoms with Gasteiger partial charge in [0.2, 0.25) is 0 Å². The van der Waals surface area contributed by atoms with E-state index in [-0.39, 0.29) is 0 Å². The van der Waals surface area contributed by atoms with Crippen LogP contribution >= 0.6 is 0 Å². The van der Waals surface area contributed by atoms with Crippen molar-refractivity contribution in [3.63, 3.8) is 0 Å². The maximum atomic E-state index is 5.53. The monoisotopic (exact) mass is 167 g/mol. The molecule has 0 saturated heterocycles. The molecule has 3 heteroatoms. The molecule has 0 bridgehead atoms. The van der Waals surface area contributed by atoms with E-state index in [4.69, 9.17) is 5.73 Å². The summed E-state index contributed by atoms with van der Waals surface area (Å²) in [4.78, 5) is 3.86. The summed E-state index contributed by atoms with van der Waals surface area (Å²) >= 11 is 0. The van der Waals surface area contributed by atoms with E-state index >= 15 is 0 Å². The molecule has 0 aromatic rings. The Morgan fingerprint density at radius 1 is 1.58 bits per heavy atom. The third-order valence-corrected chi connectivity index (χ3v) is 2.99. The van der Waals surface area contributed by atoms with Crippen molar-refractivity contribution in [2.24, 2.45) is 28.5 Å². The van der Waals surface area contributed by atoms with Crippen LogP contribution in [0.15, 0.2) is 4.99 Å². The zero-order valence-electron chi connectivity index (χ0n) is 7.59. The Morgan fingerprint density at radius 3 is 2.92 bits per heavy atom. The van der Waals surface area contributed by atoms with Crippen LogP contribution in [0.5, 0.6) is 0 Å². The Balaban J connectivity index is 1.63. The number of nitrogens with one attached hydrogen (secondary N) is 1. The first-order chi connectivity index (χ1) is 5.81. The fourth-order valence-corrected chi connectivity index (χ4v) is 1.92. The first kappa shape index (κ1) is 7.90. The number of hydrogen-bond donors (Lipinski definition) is 2. The normalized spacial score (nSPS) is 34.9. The Bertz CT molecular complexity index is 196. The van der Waals surface area contributed by atoms with Gasteiger partial charge >= 0.3 is 0 Å². The van der Waals surface area contributed by atoms with Crippen LogP contribution < -0.4 is 11.1 Å². The van der Waals surface area contributed by atoms with Gasteiger partial charge in [-0.3, -0.25) is 4.99 Å². The smallest absolute Gasteiger partial charge is 0.188 e. The van der Waals surface area contributed by atoms with Crippen molar-refractivity contribution in [1.29, 1.82) is 0 Å². The maximum Gasteiger partial charge on any atom is 0.188 e. The minimum absolute atomic E-state index is 0.580. The second-order valence-corrected chi connectivity index (χ2v) is 3.99. The van der Waals surface area contributed by atoms with Crippen molar-refractivity contribution in [2.75, 3.05) is 13.6 Å². The highest BCUT2D eigenvalue weighted by molar-refractivity contribution is 5.77. The summed E-state index contributed by atoms with van der Waals surface area (Å²) in [6.07, 6.45) is 4.35. The summed E-state index contributed by atoms with van der Waals surface area (Å²) in [7, 11) is 1.72. The predicted molar refractivity (Wildman–Crippen MR) is 49.9 cm³/mol. The van der Waals surface area contributed by atoms with E-state index < -0.39 is 0 Å². The summed E-state index contributed by atoms with van der Waals surface area (Å²) in [5.74, 6) is 3.55. The highest BCUT2D eigenvalue weighted by Crippen LogP contribution is 2.53. The van der Waals surface area contributed by atoms with E-state index in [2.05, 4.69) is 10.3 Å². The molecule has 2 rings (SSSR count). The van der Waals surface area contributed by atoms with Crippen LogP contribution in [-0.2, 0) is 0 Å². The molecular weight excluding hydrogens is 150 g/mol. The summed E-state index contributed by atoms with van der Waals surface area (Å²) < 4.78 is 0. The van der Waals surface area contributed by atoms with Gasteiger partial charge in [-0.2, -0.15) is 0 Å². The molecule has 0 aliphatic heterocycles. The van der Waals surface area contributed by atoms with Crippen LogP contribution in [0.25, 0.3) is 0 Å². The molecule has 68 valence electrons. The molecule has 2 fully saturated rings. The minimum Gasteiger partial charge on any atom is -0.370 e. The molecule has 0 heterocycles. The van der Waals surface area contributed by atoms with E-state index in [1.54, 1.807) is 7.05 Å². The molecule has 2 aliphatic carbocycles. The zero-order chi connectivity index (χ0) is 8.55. The molecule has 3 nitrogen and oxygen atoms in total. The molecule has 2 aliphatic rings. The van der Waals surface area contributed by atoms with Gasteiger partial charge in [-0.25, -0.2) is 0 Å². The van der Waals surface area contributed by atoms with Gasteiger partial charge in [-0.1, -0.05) is 0 Å². The number of guanidine groups is 1. The topological polar surface area (TPSA) is 50.4 Å². The van der Waals surface area contributed by atoms with E-state index in [0.29, 0.717) is 5.96 Å². The van der Waals surface area contributed by atoms with Gasteiger partial charge in [0.15, 0.2) is 5.96 Å². The van der Waals surface area contributed by atoms with Crippen LogP contribution in [0.3, 0.4) is 0 Å². The second-order valence-electron chi connectivity index (χ2n) is 3.99. The molecule has 0 aromatic carbocycles. The average molecular weight is 167 g/mol. The fraction of sp³-hybridized carbons (Fsp3) is 0.889. The lowest BCUT2D eigenvalue weighted by atomic mass is 10.2. The second kappa shape index (κ2) is 2.96. The van der Waals surface area contributed by atoms with Gasteiger partial charge in [-0.15, -0.1) is 0 Å². The zero-order valence-corrected chi connectivity index (χ0v) is 7.59. The van der Waals surface area contributed by atoms with E-state index in [1.807, 2.05) is 0 Å². The van der Waals surface area contributed by atoms with Gasteiger partial charge in [0.1, 0.15) is 0 Å². The third-order valence-electron chi connectivity index (χ3n) is 2.99. The average Bonchev–Trinajstić information content (AvgIpc) is 2.89. The lowest BCUT2D eigenvalue weighted by molar-refractivity contribution is 0.614. The number of aliphatic imine (C=N–C) groups is 1. The molecule has 2 unspecified atom stereocenters. The molecule has 12 heavy (non-hydrogen) atoms. The quantitative estimate of drug-likeness (QED) is 0.477. The van der Waals surface area contributed by atoms with Gasteiger partial charge in [0.25, 0.3) is 0 Å². The largest absolute Gasteiger partial charge is 0.370 e. The summed E-state index contributed by atoms with van der Waals surface area (Å²) in [5.41, 5.74) is 5.53. The molecule has 2 atom stereocenters. The maximum absolute atomic E-state index is 5.53. The Labute approximate surface area is 73.4 Å². The Kier molecular flexibility index (Phi) is 1.95. The van der Waals surface area contributed by atoms with Crippen LogP contribution in [0.1, 0.15) is 19.3 Å². The van der Waals surface area contributed by atoms with Crippen LogP contribution in [0.4, 0.5) is 0 Å². The summed E-state index contributed by atoms with van der Waals surface area (Å²) in [5, 5.41) is 3.13. The first-order valence-corrected chi connectivity index (χ1v) is 4.77. The van der Waals surface area contributed by atoms with Crippen LogP contribution in [0.2, 0.25) is 0 Å².